The van der Waals surface area contributed by atoms with Gasteiger partial charge in [-0.2, -0.15) is 13.2 Å². The summed E-state index contributed by atoms with van der Waals surface area (Å²) in [4.78, 5) is 10.2. The molecule has 0 unspecified atom stereocenters. The van der Waals surface area contributed by atoms with Crippen molar-refractivity contribution in [3.63, 3.8) is 0 Å². The van der Waals surface area contributed by atoms with Gasteiger partial charge in [0, 0.05) is 30.4 Å². The largest absolute Gasteiger partial charge is 0.390 e. The first-order chi connectivity index (χ1) is 11.6. The standard InChI is InChI=1S/C18H21F3N4/c1-17(2)9-12-11(15-14(17)16(22)24-10-23-15)5-4-6-13(12)25(3)8-7-18(19,20)21/h4-6,10H,7-9H2,1-3H3,(H2,22,23,24). The van der Waals surface area contributed by atoms with Gasteiger partial charge >= 0.3 is 6.18 Å². The predicted octanol–water partition coefficient (Wildman–Crippen LogP) is 3.95. The molecule has 0 atom stereocenters. The van der Waals surface area contributed by atoms with Gasteiger partial charge < -0.3 is 10.6 Å². The minimum atomic E-state index is -4.17. The van der Waals surface area contributed by atoms with Gasteiger partial charge in [0.2, 0.25) is 0 Å². The molecule has 0 spiro atoms. The third kappa shape index (κ3) is 3.27. The first-order valence-corrected chi connectivity index (χ1v) is 8.11. The Morgan fingerprint density at radius 3 is 2.64 bits per heavy atom. The number of benzene rings is 1. The molecule has 1 aliphatic carbocycles. The molecule has 0 amide bonds. The topological polar surface area (TPSA) is 55.0 Å². The minimum absolute atomic E-state index is 0.0842. The van der Waals surface area contributed by atoms with Crippen LogP contribution in [0.1, 0.15) is 31.4 Å². The van der Waals surface area contributed by atoms with Crippen LogP contribution in [0, 0.1) is 0 Å². The van der Waals surface area contributed by atoms with Gasteiger partial charge in [-0.25, -0.2) is 9.97 Å². The molecule has 134 valence electrons. The molecule has 0 bridgehead atoms. The van der Waals surface area contributed by atoms with Crippen LogP contribution in [-0.4, -0.2) is 29.7 Å². The summed E-state index contributed by atoms with van der Waals surface area (Å²) in [5.74, 6) is 0.455. The molecule has 4 nitrogen and oxygen atoms in total. The first kappa shape index (κ1) is 17.5. The molecule has 1 heterocycles. The lowest BCUT2D eigenvalue weighted by atomic mass is 9.71. The normalized spacial score (nSPS) is 15.4. The predicted molar refractivity (Wildman–Crippen MR) is 92.6 cm³/mol. The smallest absolute Gasteiger partial charge is 0.383 e. The van der Waals surface area contributed by atoms with E-state index in [1.54, 1.807) is 11.9 Å². The average molecular weight is 350 g/mol. The molecular weight excluding hydrogens is 329 g/mol. The summed E-state index contributed by atoms with van der Waals surface area (Å²) in [7, 11) is 1.69. The van der Waals surface area contributed by atoms with Gasteiger partial charge in [0.15, 0.2) is 0 Å². The van der Waals surface area contributed by atoms with Crippen molar-refractivity contribution >= 4 is 11.5 Å². The Bertz CT molecular complexity index is 799. The number of nitrogens with two attached hydrogens (primary N) is 1. The Hall–Kier alpha value is -2.31. The highest BCUT2D eigenvalue weighted by molar-refractivity contribution is 5.80. The fourth-order valence-electron chi connectivity index (χ4n) is 3.56. The van der Waals surface area contributed by atoms with Crippen LogP contribution in [0.3, 0.4) is 0 Å². The quantitative estimate of drug-likeness (QED) is 0.911. The summed E-state index contributed by atoms with van der Waals surface area (Å²) >= 11 is 0. The number of aromatic nitrogens is 2. The summed E-state index contributed by atoms with van der Waals surface area (Å²) in [6.45, 7) is 4.03. The van der Waals surface area contributed by atoms with E-state index in [0.29, 0.717) is 12.2 Å². The van der Waals surface area contributed by atoms with Gasteiger partial charge in [-0.15, -0.1) is 0 Å². The maximum absolute atomic E-state index is 12.6. The number of alkyl halides is 3. The van der Waals surface area contributed by atoms with E-state index >= 15 is 0 Å². The summed E-state index contributed by atoms with van der Waals surface area (Å²) in [6.07, 6.45) is -2.92. The number of rotatable bonds is 3. The Morgan fingerprint density at radius 1 is 1.24 bits per heavy atom. The molecule has 7 heteroatoms. The molecule has 0 radical (unpaired) electrons. The maximum Gasteiger partial charge on any atom is 0.390 e. The van der Waals surface area contributed by atoms with E-state index in [2.05, 4.69) is 23.8 Å². The van der Waals surface area contributed by atoms with Crippen molar-refractivity contribution in [2.24, 2.45) is 0 Å². The van der Waals surface area contributed by atoms with Crippen LogP contribution in [0.25, 0.3) is 11.3 Å². The fourth-order valence-corrected chi connectivity index (χ4v) is 3.56. The van der Waals surface area contributed by atoms with Gasteiger partial charge in [0.1, 0.15) is 12.1 Å². The first-order valence-electron chi connectivity index (χ1n) is 8.11. The van der Waals surface area contributed by atoms with Gasteiger partial charge in [0.05, 0.1) is 12.1 Å². The van der Waals surface area contributed by atoms with E-state index in [1.165, 1.54) is 6.33 Å². The molecule has 0 saturated heterocycles. The third-order valence-electron chi connectivity index (χ3n) is 4.72. The lowest BCUT2D eigenvalue weighted by Gasteiger charge is -2.36. The highest BCUT2D eigenvalue weighted by atomic mass is 19.4. The molecule has 0 fully saturated rings. The molecule has 1 aromatic heterocycles. The fraction of sp³-hybridized carbons (Fsp3) is 0.444. The molecule has 0 aliphatic heterocycles. The van der Waals surface area contributed by atoms with Crippen LogP contribution in [0.2, 0.25) is 0 Å². The highest BCUT2D eigenvalue weighted by Crippen LogP contribution is 2.46. The summed E-state index contributed by atoms with van der Waals surface area (Å²) in [5.41, 5.74) is 10.2. The van der Waals surface area contributed by atoms with E-state index in [4.69, 9.17) is 5.73 Å². The lowest BCUT2D eigenvalue weighted by Crippen LogP contribution is -2.31. The third-order valence-corrected chi connectivity index (χ3v) is 4.72. The van der Waals surface area contributed by atoms with E-state index in [9.17, 15) is 13.2 Å². The van der Waals surface area contributed by atoms with Crippen LogP contribution in [-0.2, 0) is 11.8 Å². The lowest BCUT2D eigenvalue weighted by molar-refractivity contribution is -0.132. The second-order valence-corrected chi connectivity index (χ2v) is 7.13. The van der Waals surface area contributed by atoms with Gasteiger partial charge in [-0.1, -0.05) is 26.0 Å². The SMILES string of the molecule is CN(CCC(F)(F)F)c1cccc2c1CC(C)(C)c1c(N)ncnc1-2. The number of halogens is 3. The van der Waals surface area contributed by atoms with Crippen LogP contribution in [0.15, 0.2) is 24.5 Å². The number of hydrogen-bond acceptors (Lipinski definition) is 4. The molecular formula is C18H21F3N4. The zero-order chi connectivity index (χ0) is 18.4. The molecule has 1 aliphatic rings. The second-order valence-electron chi connectivity index (χ2n) is 7.13. The summed E-state index contributed by atoms with van der Waals surface area (Å²) in [5, 5.41) is 0. The second kappa shape index (κ2) is 5.89. The molecule has 0 saturated carbocycles. The van der Waals surface area contributed by atoms with Gasteiger partial charge in [0.25, 0.3) is 0 Å². The van der Waals surface area contributed by atoms with Crippen LogP contribution >= 0.6 is 0 Å². The molecule has 25 heavy (non-hydrogen) atoms. The monoisotopic (exact) mass is 350 g/mol. The number of nitrogen functional groups attached to an aromatic ring is 1. The molecule has 3 rings (SSSR count). The number of anilines is 2. The molecule has 2 aromatic rings. The Balaban J connectivity index is 2.07. The zero-order valence-electron chi connectivity index (χ0n) is 14.5. The maximum atomic E-state index is 12.6. The van der Waals surface area contributed by atoms with Crippen molar-refractivity contribution in [2.75, 3.05) is 24.2 Å². The van der Waals surface area contributed by atoms with E-state index in [1.807, 2.05) is 18.2 Å². The Kier molecular flexibility index (Phi) is 4.13. The van der Waals surface area contributed by atoms with Crippen LogP contribution in [0.5, 0.6) is 0 Å². The Morgan fingerprint density at radius 2 is 1.96 bits per heavy atom. The molecule has 1 aromatic carbocycles. The van der Waals surface area contributed by atoms with Crippen LogP contribution in [0.4, 0.5) is 24.7 Å². The number of fused-ring (bicyclic) bond motifs is 3. The number of nitrogens with zero attached hydrogens (tertiary/aromatic N) is 3. The van der Waals surface area contributed by atoms with E-state index in [-0.39, 0.29) is 12.0 Å². The van der Waals surface area contributed by atoms with Crippen molar-refractivity contribution in [1.82, 2.24) is 9.97 Å². The van der Waals surface area contributed by atoms with Gasteiger partial charge in [-0.05, 0) is 23.5 Å². The molecule has 2 N–H and O–H groups in total. The van der Waals surface area contributed by atoms with Crippen molar-refractivity contribution in [1.29, 1.82) is 0 Å². The minimum Gasteiger partial charge on any atom is -0.383 e. The zero-order valence-corrected chi connectivity index (χ0v) is 14.5. The van der Waals surface area contributed by atoms with Crippen LogP contribution < -0.4 is 10.6 Å². The van der Waals surface area contributed by atoms with Crippen molar-refractivity contribution < 1.29 is 13.2 Å². The van der Waals surface area contributed by atoms with E-state index in [0.717, 1.165) is 28.1 Å². The van der Waals surface area contributed by atoms with Crippen molar-refractivity contribution in [2.45, 2.75) is 38.3 Å². The highest BCUT2D eigenvalue weighted by Gasteiger charge is 2.36. The summed E-state index contributed by atoms with van der Waals surface area (Å²) < 4.78 is 37.7. The average Bonchev–Trinajstić information content (AvgIpc) is 2.51. The van der Waals surface area contributed by atoms with Crippen molar-refractivity contribution in [3.8, 4) is 11.3 Å². The van der Waals surface area contributed by atoms with Crippen molar-refractivity contribution in [3.05, 3.63) is 35.7 Å². The Labute approximate surface area is 144 Å². The summed E-state index contributed by atoms with van der Waals surface area (Å²) in [6, 6.07) is 5.65. The van der Waals surface area contributed by atoms with Gasteiger partial charge in [-0.3, -0.25) is 0 Å². The number of hydrogen-bond donors (Lipinski definition) is 1. The van der Waals surface area contributed by atoms with E-state index < -0.39 is 12.6 Å².